The van der Waals surface area contributed by atoms with E-state index in [0.717, 1.165) is 11.3 Å². The van der Waals surface area contributed by atoms with Crippen LogP contribution in [0.3, 0.4) is 0 Å². The first-order valence-corrected chi connectivity index (χ1v) is 4.04. The molecule has 0 amide bonds. The average Bonchev–Trinajstić information content (AvgIpc) is 2.30. The van der Waals surface area contributed by atoms with E-state index in [1.807, 2.05) is 19.9 Å². The topological polar surface area (TPSA) is 58.9 Å². The molecular formula is C9H14N2O. The van der Waals surface area contributed by atoms with Crippen LogP contribution in [-0.2, 0) is 0 Å². The molecule has 0 aliphatic carbocycles. The molecule has 3 heteroatoms. The Balaban J connectivity index is 2.87. The molecule has 1 aromatic heterocycles. The Kier molecular flexibility index (Phi) is 2.65. The number of Topliss-reactive ketones (excluding diaryl/α,β-unsaturated/α-hetero) is 1. The van der Waals surface area contributed by atoms with E-state index in [2.05, 4.69) is 4.98 Å². The van der Waals surface area contributed by atoms with Gasteiger partial charge in [-0.05, 0) is 32.0 Å². The molecule has 0 unspecified atom stereocenters. The summed E-state index contributed by atoms with van der Waals surface area (Å²) in [6.07, 6.45) is 0.417. The van der Waals surface area contributed by atoms with Gasteiger partial charge in [0.1, 0.15) is 0 Å². The van der Waals surface area contributed by atoms with Crippen molar-refractivity contribution in [3.8, 4) is 0 Å². The summed E-state index contributed by atoms with van der Waals surface area (Å²) in [4.78, 5) is 14.4. The minimum absolute atomic E-state index is 0.100. The minimum atomic E-state index is 0.100. The number of H-pyrrole nitrogens is 1. The maximum atomic E-state index is 11.4. The highest BCUT2D eigenvalue weighted by molar-refractivity contribution is 5.95. The third-order valence-corrected chi connectivity index (χ3v) is 1.80. The van der Waals surface area contributed by atoms with E-state index < -0.39 is 0 Å². The molecule has 0 aromatic carbocycles. The van der Waals surface area contributed by atoms with Crippen molar-refractivity contribution in [1.29, 1.82) is 0 Å². The second-order valence-electron chi connectivity index (χ2n) is 2.97. The molecule has 0 fully saturated rings. The van der Waals surface area contributed by atoms with E-state index in [-0.39, 0.29) is 5.78 Å². The summed E-state index contributed by atoms with van der Waals surface area (Å²) in [5, 5.41) is 0. The zero-order valence-electron chi connectivity index (χ0n) is 7.48. The third kappa shape index (κ3) is 1.74. The van der Waals surface area contributed by atoms with Crippen molar-refractivity contribution in [2.75, 3.05) is 6.54 Å². The Bertz CT molecular complexity index is 289. The van der Waals surface area contributed by atoms with E-state index in [4.69, 9.17) is 5.73 Å². The van der Waals surface area contributed by atoms with Crippen LogP contribution in [-0.4, -0.2) is 17.3 Å². The van der Waals surface area contributed by atoms with Gasteiger partial charge in [-0.1, -0.05) is 0 Å². The molecule has 12 heavy (non-hydrogen) atoms. The second kappa shape index (κ2) is 3.54. The van der Waals surface area contributed by atoms with Crippen LogP contribution in [0.5, 0.6) is 0 Å². The number of carbonyl (C=O) groups excluding carboxylic acids is 1. The van der Waals surface area contributed by atoms with Crippen molar-refractivity contribution in [3.63, 3.8) is 0 Å². The van der Waals surface area contributed by atoms with Crippen LogP contribution < -0.4 is 5.73 Å². The number of hydrogen-bond acceptors (Lipinski definition) is 2. The highest BCUT2D eigenvalue weighted by atomic mass is 16.1. The number of hydrogen-bond donors (Lipinski definition) is 2. The third-order valence-electron chi connectivity index (χ3n) is 1.80. The van der Waals surface area contributed by atoms with Crippen LogP contribution in [0.2, 0.25) is 0 Å². The lowest BCUT2D eigenvalue weighted by Gasteiger charge is -1.96. The number of aryl methyl sites for hydroxylation is 2. The van der Waals surface area contributed by atoms with Crippen molar-refractivity contribution in [2.45, 2.75) is 20.3 Å². The van der Waals surface area contributed by atoms with Crippen molar-refractivity contribution in [2.24, 2.45) is 5.73 Å². The van der Waals surface area contributed by atoms with Gasteiger partial charge in [-0.25, -0.2) is 0 Å². The first-order chi connectivity index (χ1) is 5.65. The summed E-state index contributed by atoms with van der Waals surface area (Å²) in [5.74, 6) is 0.100. The van der Waals surface area contributed by atoms with Crippen molar-refractivity contribution in [3.05, 3.63) is 23.0 Å². The highest BCUT2D eigenvalue weighted by Gasteiger charge is 2.09. The summed E-state index contributed by atoms with van der Waals surface area (Å²) in [6.45, 7) is 4.27. The van der Waals surface area contributed by atoms with Crippen molar-refractivity contribution in [1.82, 2.24) is 4.98 Å². The molecule has 0 spiro atoms. The van der Waals surface area contributed by atoms with Gasteiger partial charge in [0.05, 0.1) is 5.69 Å². The Hall–Kier alpha value is -1.09. The molecule has 0 aliphatic rings. The Morgan fingerprint density at radius 3 is 2.67 bits per heavy atom. The molecule has 3 N–H and O–H groups in total. The molecule has 0 saturated carbocycles. The average molecular weight is 166 g/mol. The quantitative estimate of drug-likeness (QED) is 0.662. The van der Waals surface area contributed by atoms with Gasteiger partial charge in [-0.15, -0.1) is 0 Å². The standard InChI is InChI=1S/C9H14N2O/c1-6-5-7(2)11-9(6)8(12)3-4-10/h5,11H,3-4,10H2,1-2H3. The maximum Gasteiger partial charge on any atom is 0.180 e. The molecule has 1 rings (SSSR count). The zero-order chi connectivity index (χ0) is 9.14. The van der Waals surface area contributed by atoms with Crippen LogP contribution >= 0.6 is 0 Å². The van der Waals surface area contributed by atoms with Crippen LogP contribution in [0.25, 0.3) is 0 Å². The molecule has 0 aliphatic heterocycles. The smallest absolute Gasteiger partial charge is 0.180 e. The predicted molar refractivity (Wildman–Crippen MR) is 48.3 cm³/mol. The van der Waals surface area contributed by atoms with Gasteiger partial charge in [0.15, 0.2) is 5.78 Å². The molecule has 66 valence electrons. The lowest BCUT2D eigenvalue weighted by Crippen LogP contribution is -2.09. The largest absolute Gasteiger partial charge is 0.356 e. The fourth-order valence-electron chi connectivity index (χ4n) is 1.27. The number of aromatic amines is 1. The van der Waals surface area contributed by atoms with E-state index in [0.29, 0.717) is 18.7 Å². The number of ketones is 1. The number of carbonyl (C=O) groups is 1. The van der Waals surface area contributed by atoms with Gasteiger partial charge in [0.2, 0.25) is 0 Å². The number of rotatable bonds is 3. The molecule has 0 saturated heterocycles. The van der Waals surface area contributed by atoms with Crippen molar-refractivity contribution >= 4 is 5.78 Å². The van der Waals surface area contributed by atoms with E-state index in [1.54, 1.807) is 0 Å². The monoisotopic (exact) mass is 166 g/mol. The van der Waals surface area contributed by atoms with Gasteiger partial charge in [-0.3, -0.25) is 4.79 Å². The molecule has 0 atom stereocenters. The van der Waals surface area contributed by atoms with E-state index >= 15 is 0 Å². The lowest BCUT2D eigenvalue weighted by molar-refractivity contribution is 0.0980. The number of nitrogens with two attached hydrogens (primary N) is 1. The van der Waals surface area contributed by atoms with Gasteiger partial charge in [0.25, 0.3) is 0 Å². The zero-order valence-corrected chi connectivity index (χ0v) is 7.48. The maximum absolute atomic E-state index is 11.4. The van der Waals surface area contributed by atoms with Gasteiger partial charge >= 0.3 is 0 Å². The van der Waals surface area contributed by atoms with E-state index in [9.17, 15) is 4.79 Å². The Morgan fingerprint density at radius 2 is 2.25 bits per heavy atom. The summed E-state index contributed by atoms with van der Waals surface area (Å²) >= 11 is 0. The van der Waals surface area contributed by atoms with Crippen LogP contribution in [0.4, 0.5) is 0 Å². The summed E-state index contributed by atoms with van der Waals surface area (Å²) < 4.78 is 0. The number of nitrogens with one attached hydrogen (secondary N) is 1. The second-order valence-corrected chi connectivity index (χ2v) is 2.97. The first-order valence-electron chi connectivity index (χ1n) is 4.04. The van der Waals surface area contributed by atoms with Crippen molar-refractivity contribution < 1.29 is 4.79 Å². The molecule has 0 bridgehead atoms. The fraction of sp³-hybridized carbons (Fsp3) is 0.444. The van der Waals surface area contributed by atoms with E-state index in [1.165, 1.54) is 0 Å². The van der Waals surface area contributed by atoms with Gasteiger partial charge in [0, 0.05) is 12.1 Å². The molecule has 1 aromatic rings. The predicted octanol–water partition coefficient (Wildman–Crippen LogP) is 1.16. The van der Waals surface area contributed by atoms with Crippen LogP contribution in [0.15, 0.2) is 6.07 Å². The first kappa shape index (κ1) is 9.00. The Morgan fingerprint density at radius 1 is 1.58 bits per heavy atom. The minimum Gasteiger partial charge on any atom is -0.356 e. The number of aromatic nitrogens is 1. The lowest BCUT2D eigenvalue weighted by atomic mass is 10.1. The van der Waals surface area contributed by atoms with Gasteiger partial charge < -0.3 is 10.7 Å². The SMILES string of the molecule is Cc1cc(C)c(C(=O)CCN)[nH]1. The molecule has 1 heterocycles. The fourth-order valence-corrected chi connectivity index (χ4v) is 1.27. The van der Waals surface area contributed by atoms with Crippen LogP contribution in [0, 0.1) is 13.8 Å². The molecule has 3 nitrogen and oxygen atoms in total. The summed E-state index contributed by atoms with van der Waals surface area (Å²) in [6, 6.07) is 1.96. The summed E-state index contributed by atoms with van der Waals surface area (Å²) in [7, 11) is 0. The summed E-state index contributed by atoms with van der Waals surface area (Å²) in [5.41, 5.74) is 8.02. The highest BCUT2D eigenvalue weighted by Crippen LogP contribution is 2.10. The van der Waals surface area contributed by atoms with Crippen LogP contribution in [0.1, 0.15) is 28.2 Å². The Labute approximate surface area is 72.0 Å². The van der Waals surface area contributed by atoms with Gasteiger partial charge in [-0.2, -0.15) is 0 Å². The normalized spacial score (nSPS) is 10.2. The molecular weight excluding hydrogens is 152 g/mol. The molecule has 0 radical (unpaired) electrons.